The Morgan fingerprint density at radius 1 is 1.35 bits per heavy atom. The Balaban J connectivity index is 2.26. The molecule has 0 amide bonds. The highest BCUT2D eigenvalue weighted by molar-refractivity contribution is 5.75. The number of hydrogen-bond acceptors (Lipinski definition) is 3. The second-order valence-corrected chi connectivity index (χ2v) is 4.50. The van der Waals surface area contributed by atoms with Crippen molar-refractivity contribution in [2.45, 2.75) is 26.0 Å². The summed E-state index contributed by atoms with van der Waals surface area (Å²) in [6.07, 6.45) is -0.341. The molecule has 2 aromatic rings. The molecule has 1 aromatic carbocycles. The van der Waals surface area contributed by atoms with Crippen molar-refractivity contribution in [2.24, 2.45) is 7.05 Å². The predicted molar refractivity (Wildman–Crippen MR) is 68.8 cm³/mol. The van der Waals surface area contributed by atoms with Crippen molar-refractivity contribution in [1.82, 2.24) is 14.9 Å². The van der Waals surface area contributed by atoms with Gasteiger partial charge in [-0.1, -0.05) is 12.1 Å². The van der Waals surface area contributed by atoms with Crippen LogP contribution in [0.2, 0.25) is 0 Å². The first-order valence-corrected chi connectivity index (χ1v) is 5.92. The van der Waals surface area contributed by atoms with Crippen LogP contribution in [0.5, 0.6) is 0 Å². The monoisotopic (exact) mass is 233 g/mol. The standard InChI is InChI=1S/C13H19N3O/c1-9(17)8-14-10(2)13-15-11-6-4-5-7-12(11)16(13)3/h4-7,9-10,14,17H,8H2,1-3H3/t9-,10?/m0/s1. The van der Waals surface area contributed by atoms with Gasteiger partial charge in [-0.25, -0.2) is 4.98 Å². The van der Waals surface area contributed by atoms with Gasteiger partial charge in [-0.3, -0.25) is 0 Å². The first kappa shape index (κ1) is 12.1. The Hall–Kier alpha value is -1.39. The van der Waals surface area contributed by atoms with Gasteiger partial charge in [0.05, 0.1) is 23.2 Å². The molecule has 17 heavy (non-hydrogen) atoms. The second kappa shape index (κ2) is 4.85. The number of nitrogens with zero attached hydrogens (tertiary/aromatic N) is 2. The van der Waals surface area contributed by atoms with Crippen LogP contribution in [0.25, 0.3) is 11.0 Å². The largest absolute Gasteiger partial charge is 0.392 e. The number of fused-ring (bicyclic) bond motifs is 1. The molecule has 4 heteroatoms. The van der Waals surface area contributed by atoms with Crippen LogP contribution in [0.1, 0.15) is 25.7 Å². The maximum atomic E-state index is 9.27. The zero-order valence-electron chi connectivity index (χ0n) is 10.5. The quantitative estimate of drug-likeness (QED) is 0.843. The van der Waals surface area contributed by atoms with E-state index in [9.17, 15) is 5.11 Å². The Kier molecular flexibility index (Phi) is 3.45. The summed E-state index contributed by atoms with van der Waals surface area (Å²) >= 11 is 0. The lowest BCUT2D eigenvalue weighted by Crippen LogP contribution is -2.28. The summed E-state index contributed by atoms with van der Waals surface area (Å²) in [7, 11) is 2.02. The minimum Gasteiger partial charge on any atom is -0.392 e. The number of hydrogen-bond donors (Lipinski definition) is 2. The van der Waals surface area contributed by atoms with E-state index >= 15 is 0 Å². The van der Waals surface area contributed by atoms with E-state index in [1.165, 1.54) is 0 Å². The van der Waals surface area contributed by atoms with Crippen molar-refractivity contribution in [2.75, 3.05) is 6.54 Å². The molecule has 1 heterocycles. The molecule has 1 aromatic heterocycles. The van der Waals surface area contributed by atoms with Gasteiger partial charge in [-0.05, 0) is 26.0 Å². The zero-order chi connectivity index (χ0) is 12.4. The topological polar surface area (TPSA) is 50.1 Å². The average Bonchev–Trinajstić information content (AvgIpc) is 2.64. The Bertz CT molecular complexity index is 504. The van der Waals surface area contributed by atoms with Crippen LogP contribution in [-0.2, 0) is 7.05 Å². The van der Waals surface area contributed by atoms with Crippen molar-refractivity contribution in [1.29, 1.82) is 0 Å². The molecule has 0 aliphatic heterocycles. The molecular formula is C13H19N3O. The molecule has 2 N–H and O–H groups in total. The van der Waals surface area contributed by atoms with Gasteiger partial charge in [0.2, 0.25) is 0 Å². The summed E-state index contributed by atoms with van der Waals surface area (Å²) in [5.41, 5.74) is 2.14. The minimum absolute atomic E-state index is 0.127. The Labute approximate surface area is 101 Å². The number of benzene rings is 1. The molecule has 0 spiro atoms. The van der Waals surface area contributed by atoms with Crippen LogP contribution in [-0.4, -0.2) is 27.3 Å². The molecular weight excluding hydrogens is 214 g/mol. The van der Waals surface area contributed by atoms with Crippen molar-refractivity contribution in [3.05, 3.63) is 30.1 Å². The highest BCUT2D eigenvalue weighted by Crippen LogP contribution is 2.18. The predicted octanol–water partition coefficient (Wildman–Crippen LogP) is 1.60. The van der Waals surface area contributed by atoms with E-state index in [0.29, 0.717) is 6.54 Å². The maximum Gasteiger partial charge on any atom is 0.126 e. The summed E-state index contributed by atoms with van der Waals surface area (Å²) < 4.78 is 2.09. The second-order valence-electron chi connectivity index (χ2n) is 4.50. The van der Waals surface area contributed by atoms with E-state index < -0.39 is 0 Å². The number of aliphatic hydroxyl groups excluding tert-OH is 1. The summed E-state index contributed by atoms with van der Waals surface area (Å²) in [4.78, 5) is 4.61. The lowest BCUT2D eigenvalue weighted by atomic mass is 10.3. The fraction of sp³-hybridized carbons (Fsp3) is 0.462. The summed E-state index contributed by atoms with van der Waals surface area (Å²) in [5, 5.41) is 12.5. The number of aromatic nitrogens is 2. The van der Waals surface area contributed by atoms with Crippen LogP contribution >= 0.6 is 0 Å². The van der Waals surface area contributed by atoms with Crippen molar-refractivity contribution in [3.63, 3.8) is 0 Å². The van der Waals surface area contributed by atoms with Gasteiger partial charge in [0.1, 0.15) is 5.82 Å². The molecule has 0 saturated heterocycles. The summed E-state index contributed by atoms with van der Waals surface area (Å²) in [6.45, 7) is 4.41. The Morgan fingerprint density at radius 2 is 2.06 bits per heavy atom. The van der Waals surface area contributed by atoms with Crippen molar-refractivity contribution >= 4 is 11.0 Å². The van der Waals surface area contributed by atoms with Gasteiger partial charge in [-0.2, -0.15) is 0 Å². The minimum atomic E-state index is -0.341. The first-order chi connectivity index (χ1) is 8.09. The third-order valence-corrected chi connectivity index (χ3v) is 2.93. The number of nitrogens with one attached hydrogen (secondary N) is 1. The van der Waals surface area contributed by atoms with Crippen LogP contribution in [0, 0.1) is 0 Å². The highest BCUT2D eigenvalue weighted by atomic mass is 16.3. The lowest BCUT2D eigenvalue weighted by Gasteiger charge is -2.14. The SMILES string of the molecule is CC(NC[C@H](C)O)c1nc2ccccc2n1C. The van der Waals surface area contributed by atoms with Gasteiger partial charge in [0, 0.05) is 13.6 Å². The molecule has 2 rings (SSSR count). The smallest absolute Gasteiger partial charge is 0.126 e. The van der Waals surface area contributed by atoms with Gasteiger partial charge in [-0.15, -0.1) is 0 Å². The van der Waals surface area contributed by atoms with Gasteiger partial charge >= 0.3 is 0 Å². The van der Waals surface area contributed by atoms with Crippen LogP contribution < -0.4 is 5.32 Å². The lowest BCUT2D eigenvalue weighted by molar-refractivity contribution is 0.186. The number of aliphatic hydroxyl groups is 1. The van der Waals surface area contributed by atoms with E-state index in [1.54, 1.807) is 6.92 Å². The van der Waals surface area contributed by atoms with Crippen molar-refractivity contribution in [3.8, 4) is 0 Å². The molecule has 0 aliphatic carbocycles. The zero-order valence-corrected chi connectivity index (χ0v) is 10.5. The van der Waals surface area contributed by atoms with E-state index in [2.05, 4.69) is 27.9 Å². The molecule has 0 saturated carbocycles. The molecule has 0 bridgehead atoms. The molecule has 2 atom stereocenters. The molecule has 0 aliphatic rings. The van der Waals surface area contributed by atoms with Gasteiger partial charge in [0.15, 0.2) is 0 Å². The van der Waals surface area contributed by atoms with Crippen LogP contribution in [0.3, 0.4) is 0 Å². The fourth-order valence-corrected chi connectivity index (χ4v) is 1.99. The summed E-state index contributed by atoms with van der Waals surface area (Å²) in [5.74, 6) is 0.992. The normalized spacial score (nSPS) is 15.1. The first-order valence-electron chi connectivity index (χ1n) is 5.92. The molecule has 0 fully saturated rings. The van der Waals surface area contributed by atoms with Crippen molar-refractivity contribution < 1.29 is 5.11 Å². The molecule has 0 radical (unpaired) electrons. The third kappa shape index (κ3) is 2.48. The maximum absolute atomic E-state index is 9.27. The van der Waals surface area contributed by atoms with Crippen LogP contribution in [0.4, 0.5) is 0 Å². The van der Waals surface area contributed by atoms with Gasteiger partial charge < -0.3 is 15.0 Å². The van der Waals surface area contributed by atoms with Gasteiger partial charge in [0.25, 0.3) is 0 Å². The van der Waals surface area contributed by atoms with E-state index in [-0.39, 0.29) is 12.1 Å². The van der Waals surface area contributed by atoms with E-state index in [1.807, 2.05) is 25.2 Å². The number of rotatable bonds is 4. The van der Waals surface area contributed by atoms with E-state index in [4.69, 9.17) is 0 Å². The average molecular weight is 233 g/mol. The highest BCUT2D eigenvalue weighted by Gasteiger charge is 2.13. The Morgan fingerprint density at radius 3 is 2.71 bits per heavy atom. The molecule has 1 unspecified atom stereocenters. The number of imidazole rings is 1. The fourth-order valence-electron chi connectivity index (χ4n) is 1.99. The number of para-hydroxylation sites is 2. The van der Waals surface area contributed by atoms with E-state index in [0.717, 1.165) is 16.9 Å². The molecule has 4 nitrogen and oxygen atoms in total. The number of aryl methyl sites for hydroxylation is 1. The third-order valence-electron chi connectivity index (χ3n) is 2.93. The molecule has 92 valence electrons. The van der Waals surface area contributed by atoms with Crippen LogP contribution in [0.15, 0.2) is 24.3 Å². The summed E-state index contributed by atoms with van der Waals surface area (Å²) in [6, 6.07) is 8.21.